The Labute approximate surface area is 607 Å². The highest BCUT2D eigenvalue weighted by Gasteiger charge is 2.30. The molecule has 588 valence electrons. The standard InChI is InChI=1S/C80H156O17P2/c1-6-9-12-15-18-21-23-25-27-28-29-30-31-32-33-34-36-40-46-51-56-61-66-80(85)97-76(70-91-78(83)64-59-54-49-44-41-37-38-43-47-52-57-62-73(4)5)72-95-99(88,89)93-68-74(81)67-92-98(86,87)94-71-75(69-90-77(82)63-58-53-48-42-20-17-14-11-8-3)96-79(84)65-60-55-50-45-39-35-26-24-22-19-16-13-10-7-2/h73-76,81H,6-72H2,1-5H3,(H,86,87)(H,88,89)/t74-,75+,76+/m0/s1. The molecule has 0 aliphatic rings. The first-order chi connectivity index (χ1) is 48.0. The third-order valence-electron chi connectivity index (χ3n) is 18.8. The number of unbranched alkanes of at least 4 members (excludes halogenated alkanes) is 52. The molecule has 0 aromatic carbocycles. The Morgan fingerprint density at radius 2 is 0.465 bits per heavy atom. The molecule has 0 saturated heterocycles. The maximum absolute atomic E-state index is 13.1. The zero-order valence-corrected chi connectivity index (χ0v) is 66.4. The van der Waals surface area contributed by atoms with E-state index in [0.717, 1.165) is 95.8 Å². The molecule has 0 rings (SSSR count). The molecule has 0 heterocycles. The second-order valence-electron chi connectivity index (χ2n) is 29.3. The number of hydrogen-bond donors (Lipinski definition) is 3. The van der Waals surface area contributed by atoms with Crippen LogP contribution in [0, 0.1) is 5.92 Å². The van der Waals surface area contributed by atoms with Crippen LogP contribution in [0.1, 0.15) is 426 Å². The predicted molar refractivity (Wildman–Crippen MR) is 405 cm³/mol. The number of hydrogen-bond acceptors (Lipinski definition) is 15. The number of esters is 4. The van der Waals surface area contributed by atoms with Crippen LogP contribution in [0.15, 0.2) is 0 Å². The van der Waals surface area contributed by atoms with Crippen molar-refractivity contribution in [2.75, 3.05) is 39.6 Å². The van der Waals surface area contributed by atoms with Crippen LogP contribution in [0.4, 0.5) is 0 Å². The SMILES string of the molecule is CCCCCCCCCCCCCCCCCCCCCCCCC(=O)O[C@H](COC(=O)CCCCCCCCCCCCCC(C)C)COP(=O)(O)OC[C@@H](O)COP(=O)(O)OC[C@@H](COC(=O)CCCCCCCCCCC)OC(=O)CCCCCCCCCCCCCCCC. The molecule has 0 bridgehead atoms. The summed E-state index contributed by atoms with van der Waals surface area (Å²) in [4.78, 5) is 72.9. The Kier molecular flexibility index (Phi) is 71.6. The van der Waals surface area contributed by atoms with Crippen molar-refractivity contribution in [3.05, 3.63) is 0 Å². The van der Waals surface area contributed by atoms with E-state index in [4.69, 9.17) is 37.0 Å². The van der Waals surface area contributed by atoms with Gasteiger partial charge in [0.2, 0.25) is 0 Å². The second-order valence-corrected chi connectivity index (χ2v) is 32.2. The van der Waals surface area contributed by atoms with Crippen LogP contribution in [-0.4, -0.2) is 96.7 Å². The monoisotopic (exact) mass is 1450 g/mol. The van der Waals surface area contributed by atoms with Gasteiger partial charge in [-0.1, -0.05) is 375 Å². The van der Waals surface area contributed by atoms with Gasteiger partial charge in [0.05, 0.1) is 26.4 Å². The molecule has 0 aliphatic carbocycles. The predicted octanol–water partition coefficient (Wildman–Crippen LogP) is 24.0. The van der Waals surface area contributed by atoms with E-state index in [1.807, 2.05) is 0 Å². The number of ether oxygens (including phenoxy) is 4. The highest BCUT2D eigenvalue weighted by atomic mass is 31.2. The second kappa shape index (κ2) is 73.0. The van der Waals surface area contributed by atoms with E-state index in [1.54, 1.807) is 0 Å². The smallest absolute Gasteiger partial charge is 0.462 e. The third-order valence-corrected chi connectivity index (χ3v) is 20.7. The zero-order chi connectivity index (χ0) is 72.7. The first-order valence-corrected chi connectivity index (χ1v) is 44.6. The van der Waals surface area contributed by atoms with Gasteiger partial charge < -0.3 is 33.8 Å². The summed E-state index contributed by atoms with van der Waals surface area (Å²) in [6, 6.07) is 0. The molecule has 0 spiro atoms. The highest BCUT2D eigenvalue weighted by molar-refractivity contribution is 7.47. The first kappa shape index (κ1) is 97.1. The summed E-state index contributed by atoms with van der Waals surface area (Å²) in [5.74, 6) is -1.34. The van der Waals surface area contributed by atoms with E-state index >= 15 is 0 Å². The summed E-state index contributed by atoms with van der Waals surface area (Å²) < 4.78 is 68.6. The lowest BCUT2D eigenvalue weighted by Gasteiger charge is -2.21. The van der Waals surface area contributed by atoms with Crippen molar-refractivity contribution in [2.24, 2.45) is 5.92 Å². The lowest BCUT2D eigenvalue weighted by Crippen LogP contribution is -2.30. The van der Waals surface area contributed by atoms with Gasteiger partial charge in [0.15, 0.2) is 12.2 Å². The molecular weight excluding hydrogens is 1290 g/mol. The average molecular weight is 1450 g/mol. The van der Waals surface area contributed by atoms with Gasteiger partial charge >= 0.3 is 39.5 Å². The van der Waals surface area contributed by atoms with Crippen LogP contribution in [-0.2, 0) is 65.4 Å². The van der Waals surface area contributed by atoms with Crippen LogP contribution in [0.2, 0.25) is 0 Å². The molecular formula is C80H156O17P2. The average Bonchev–Trinajstić information content (AvgIpc) is 1.06. The number of carbonyl (C=O) groups excluding carboxylic acids is 4. The zero-order valence-electron chi connectivity index (χ0n) is 64.6. The van der Waals surface area contributed by atoms with E-state index in [2.05, 4.69) is 34.6 Å². The van der Waals surface area contributed by atoms with Crippen LogP contribution in [0.25, 0.3) is 0 Å². The Bertz CT molecular complexity index is 1890. The Morgan fingerprint density at radius 3 is 0.687 bits per heavy atom. The topological polar surface area (TPSA) is 237 Å². The maximum Gasteiger partial charge on any atom is 0.472 e. The van der Waals surface area contributed by atoms with E-state index in [0.29, 0.717) is 25.7 Å². The van der Waals surface area contributed by atoms with Gasteiger partial charge in [-0.3, -0.25) is 37.3 Å². The number of carbonyl (C=O) groups is 4. The summed E-state index contributed by atoms with van der Waals surface area (Å²) in [6.07, 6.45) is 63.9. The summed E-state index contributed by atoms with van der Waals surface area (Å²) >= 11 is 0. The quantitative estimate of drug-likeness (QED) is 0.0222. The van der Waals surface area contributed by atoms with Crippen LogP contribution >= 0.6 is 15.6 Å². The summed E-state index contributed by atoms with van der Waals surface area (Å²) in [6.45, 7) is 7.31. The summed E-state index contributed by atoms with van der Waals surface area (Å²) in [5.41, 5.74) is 0. The molecule has 0 aromatic rings. The van der Waals surface area contributed by atoms with Crippen molar-refractivity contribution < 1.29 is 80.2 Å². The first-order valence-electron chi connectivity index (χ1n) is 41.6. The van der Waals surface area contributed by atoms with E-state index in [-0.39, 0.29) is 25.7 Å². The molecule has 0 aromatic heterocycles. The van der Waals surface area contributed by atoms with Gasteiger partial charge in [0.1, 0.15) is 19.3 Å². The number of aliphatic hydroxyl groups excluding tert-OH is 1. The van der Waals surface area contributed by atoms with Gasteiger partial charge in [-0.15, -0.1) is 0 Å². The fourth-order valence-electron chi connectivity index (χ4n) is 12.4. The molecule has 0 fully saturated rings. The molecule has 3 N–H and O–H groups in total. The van der Waals surface area contributed by atoms with Gasteiger partial charge in [0.25, 0.3) is 0 Å². The van der Waals surface area contributed by atoms with E-state index in [1.165, 1.54) is 250 Å². The molecule has 5 atom stereocenters. The number of aliphatic hydroxyl groups is 1. The van der Waals surface area contributed by atoms with Crippen molar-refractivity contribution in [3.8, 4) is 0 Å². The van der Waals surface area contributed by atoms with Crippen molar-refractivity contribution in [2.45, 2.75) is 445 Å². The molecule has 0 saturated carbocycles. The minimum Gasteiger partial charge on any atom is -0.462 e. The molecule has 0 aliphatic heterocycles. The Hall–Kier alpha value is -1.94. The van der Waals surface area contributed by atoms with Crippen molar-refractivity contribution in [3.63, 3.8) is 0 Å². The van der Waals surface area contributed by atoms with Crippen LogP contribution in [0.3, 0.4) is 0 Å². The minimum absolute atomic E-state index is 0.108. The molecule has 0 amide bonds. The lowest BCUT2D eigenvalue weighted by atomic mass is 10.0. The Balaban J connectivity index is 5.18. The van der Waals surface area contributed by atoms with Gasteiger partial charge in [-0.2, -0.15) is 0 Å². The Morgan fingerprint density at radius 1 is 0.273 bits per heavy atom. The van der Waals surface area contributed by atoms with E-state index < -0.39 is 97.5 Å². The van der Waals surface area contributed by atoms with Crippen molar-refractivity contribution in [1.29, 1.82) is 0 Å². The summed E-state index contributed by atoms with van der Waals surface area (Å²) in [5, 5.41) is 10.6. The normalized spacial score (nSPS) is 13.9. The molecule has 2 unspecified atom stereocenters. The number of rotatable bonds is 80. The summed E-state index contributed by atoms with van der Waals surface area (Å²) in [7, 11) is -9.91. The third kappa shape index (κ3) is 74.1. The van der Waals surface area contributed by atoms with Crippen molar-refractivity contribution >= 4 is 39.5 Å². The maximum atomic E-state index is 13.1. The van der Waals surface area contributed by atoms with Gasteiger partial charge in [-0.05, 0) is 31.6 Å². The fourth-order valence-corrected chi connectivity index (χ4v) is 14.0. The molecule has 0 radical (unpaired) electrons. The number of phosphoric ester groups is 2. The van der Waals surface area contributed by atoms with Crippen LogP contribution in [0.5, 0.6) is 0 Å². The van der Waals surface area contributed by atoms with E-state index in [9.17, 15) is 43.2 Å². The lowest BCUT2D eigenvalue weighted by molar-refractivity contribution is -0.161. The largest absolute Gasteiger partial charge is 0.472 e. The van der Waals surface area contributed by atoms with Gasteiger partial charge in [-0.25, -0.2) is 9.13 Å². The minimum atomic E-state index is -4.96. The molecule has 17 nitrogen and oxygen atoms in total. The van der Waals surface area contributed by atoms with Crippen molar-refractivity contribution in [1.82, 2.24) is 0 Å². The van der Waals surface area contributed by atoms with Gasteiger partial charge in [0, 0.05) is 25.7 Å². The fraction of sp³-hybridized carbons (Fsp3) is 0.950. The van der Waals surface area contributed by atoms with Crippen LogP contribution < -0.4 is 0 Å². The highest BCUT2D eigenvalue weighted by Crippen LogP contribution is 2.45. The molecule has 99 heavy (non-hydrogen) atoms. The number of phosphoric acid groups is 2. The molecule has 19 heteroatoms.